The minimum Gasteiger partial charge on any atom is -0.505 e. The van der Waals surface area contributed by atoms with Crippen molar-refractivity contribution in [3.8, 4) is 5.75 Å². The lowest BCUT2D eigenvalue weighted by Crippen LogP contribution is -2.50. The van der Waals surface area contributed by atoms with Crippen LogP contribution < -0.4 is 16.4 Å². The van der Waals surface area contributed by atoms with Crippen LogP contribution in [0, 0.1) is 12.7 Å². The number of benzene rings is 1. The molecule has 156 valence electrons. The summed E-state index contributed by atoms with van der Waals surface area (Å²) in [6.07, 6.45) is 2.75. The van der Waals surface area contributed by atoms with Gasteiger partial charge in [-0.3, -0.25) is 14.6 Å². The molecule has 1 aliphatic rings. The van der Waals surface area contributed by atoms with Gasteiger partial charge in [-0.05, 0) is 38.4 Å². The summed E-state index contributed by atoms with van der Waals surface area (Å²) in [6.45, 7) is 2.92. The van der Waals surface area contributed by atoms with Gasteiger partial charge in [-0.25, -0.2) is 4.39 Å². The van der Waals surface area contributed by atoms with E-state index in [1.54, 1.807) is 0 Å². The third-order valence-electron chi connectivity index (χ3n) is 4.89. The van der Waals surface area contributed by atoms with Gasteiger partial charge < -0.3 is 21.5 Å². The second-order valence-electron chi connectivity index (χ2n) is 6.91. The van der Waals surface area contributed by atoms with E-state index in [4.69, 9.17) is 5.73 Å². The molecule has 1 amide bonds. The van der Waals surface area contributed by atoms with Crippen molar-refractivity contribution in [3.63, 3.8) is 0 Å². The fourth-order valence-corrected chi connectivity index (χ4v) is 3.21. The number of nitrogens with one attached hydrogen (secondary N) is 2. The molecule has 1 aromatic heterocycles. The van der Waals surface area contributed by atoms with Gasteiger partial charge in [-0.2, -0.15) is 0 Å². The number of carbonyl (C=O) groups is 2. The van der Waals surface area contributed by atoms with Crippen molar-refractivity contribution in [3.05, 3.63) is 58.7 Å². The topological polar surface area (TPSA) is 117 Å². The van der Waals surface area contributed by atoms with Gasteiger partial charge in [0.05, 0.1) is 11.9 Å². The summed E-state index contributed by atoms with van der Waals surface area (Å²) in [5.41, 5.74) is 6.21. The molecule has 9 heteroatoms. The molecule has 2 aromatic rings. The number of amides is 1. The minimum absolute atomic E-state index is 0. The first-order valence-electron chi connectivity index (χ1n) is 9.14. The molecule has 1 aliphatic heterocycles. The Morgan fingerprint density at radius 2 is 1.93 bits per heavy atom. The van der Waals surface area contributed by atoms with Crippen molar-refractivity contribution >= 4 is 24.1 Å². The number of hydrogen-bond donors (Lipinski definition) is 4. The monoisotopic (exact) mass is 422 g/mol. The molecular weight excluding hydrogens is 399 g/mol. The zero-order valence-corrected chi connectivity index (χ0v) is 16.8. The minimum atomic E-state index is -0.859. The van der Waals surface area contributed by atoms with Crippen LogP contribution in [0.2, 0.25) is 0 Å². The number of hydrogen-bond acceptors (Lipinski definition) is 6. The first-order chi connectivity index (χ1) is 13.4. The maximum atomic E-state index is 14.2. The number of ketones is 1. The summed E-state index contributed by atoms with van der Waals surface area (Å²) < 4.78 is 14.2. The average Bonchev–Trinajstić information content (AvgIpc) is 2.89. The number of aromatic hydroxyl groups is 1. The molecule has 29 heavy (non-hydrogen) atoms. The summed E-state index contributed by atoms with van der Waals surface area (Å²) in [5, 5.41) is 16.0. The second kappa shape index (κ2) is 9.78. The number of halogens is 2. The Morgan fingerprint density at radius 3 is 2.62 bits per heavy atom. The van der Waals surface area contributed by atoms with E-state index in [2.05, 4.69) is 15.6 Å². The fraction of sp³-hybridized carbons (Fsp3) is 0.350. The van der Waals surface area contributed by atoms with E-state index in [9.17, 15) is 19.1 Å². The SMILES string of the molecule is Cc1ncc(O)c(C(=O)c2ccc(C(=O)N[C@@H]3CCCNC[C@H]3N)cc2)c1F.Cl. The molecular formula is C20H24ClFN4O3. The van der Waals surface area contributed by atoms with E-state index < -0.39 is 22.9 Å². The van der Waals surface area contributed by atoms with E-state index in [0.29, 0.717) is 12.1 Å². The summed E-state index contributed by atoms with van der Waals surface area (Å²) in [5.74, 6) is -2.34. The van der Waals surface area contributed by atoms with Crippen molar-refractivity contribution in [1.29, 1.82) is 0 Å². The number of aryl methyl sites for hydroxylation is 1. The van der Waals surface area contributed by atoms with Crippen LogP contribution in [0.15, 0.2) is 30.5 Å². The normalized spacial score (nSPS) is 19.0. The van der Waals surface area contributed by atoms with Crippen molar-refractivity contribution in [1.82, 2.24) is 15.6 Å². The van der Waals surface area contributed by atoms with Gasteiger partial charge in [-0.1, -0.05) is 12.1 Å². The second-order valence-corrected chi connectivity index (χ2v) is 6.91. The Balaban J connectivity index is 0.00000300. The summed E-state index contributed by atoms with van der Waals surface area (Å²) in [6, 6.07) is 5.54. The molecule has 2 heterocycles. The maximum absolute atomic E-state index is 14.2. The predicted octanol–water partition coefficient (Wildman–Crippen LogP) is 1.70. The fourth-order valence-electron chi connectivity index (χ4n) is 3.21. The van der Waals surface area contributed by atoms with Crippen molar-refractivity contribution in [2.45, 2.75) is 31.8 Å². The number of pyridine rings is 1. The molecule has 0 radical (unpaired) electrons. The van der Waals surface area contributed by atoms with Crippen LogP contribution in [0.3, 0.4) is 0 Å². The van der Waals surface area contributed by atoms with E-state index >= 15 is 0 Å². The standard InChI is InChI=1S/C20H23FN4O3.ClH/c1-11-18(21)17(16(26)10-24-11)19(27)12-4-6-13(7-5-12)20(28)25-15-3-2-8-23-9-14(15)22;/h4-7,10,14-15,23,26H,2-3,8-9,22H2,1H3,(H,25,28);1H/t14-,15-;/m1./s1. The molecule has 1 aromatic carbocycles. The lowest BCUT2D eigenvalue weighted by molar-refractivity contribution is 0.0928. The molecule has 3 rings (SSSR count). The van der Waals surface area contributed by atoms with Crippen LogP contribution in [0.25, 0.3) is 0 Å². The molecule has 2 atom stereocenters. The first kappa shape index (κ1) is 22.7. The van der Waals surface area contributed by atoms with Crippen molar-refractivity contribution in [2.24, 2.45) is 5.73 Å². The Labute approximate surface area is 174 Å². The van der Waals surface area contributed by atoms with E-state index in [1.165, 1.54) is 31.2 Å². The van der Waals surface area contributed by atoms with Crippen molar-refractivity contribution < 1.29 is 19.1 Å². The molecule has 0 bridgehead atoms. The predicted molar refractivity (Wildman–Crippen MR) is 109 cm³/mol. The number of aromatic nitrogens is 1. The molecule has 1 fully saturated rings. The molecule has 0 spiro atoms. The molecule has 0 saturated carbocycles. The highest BCUT2D eigenvalue weighted by atomic mass is 35.5. The van der Waals surface area contributed by atoms with E-state index in [1.807, 2.05) is 0 Å². The van der Waals surface area contributed by atoms with Gasteiger partial charge in [0.15, 0.2) is 11.6 Å². The molecule has 7 nitrogen and oxygen atoms in total. The summed E-state index contributed by atoms with van der Waals surface area (Å²) in [4.78, 5) is 28.7. The Kier molecular flexibility index (Phi) is 7.66. The highest BCUT2D eigenvalue weighted by molar-refractivity contribution is 6.11. The molecule has 0 unspecified atom stereocenters. The largest absolute Gasteiger partial charge is 0.505 e. The Hall–Kier alpha value is -2.55. The smallest absolute Gasteiger partial charge is 0.251 e. The Bertz CT molecular complexity index is 892. The van der Waals surface area contributed by atoms with Crippen molar-refractivity contribution in [2.75, 3.05) is 13.1 Å². The average molecular weight is 423 g/mol. The molecule has 0 aliphatic carbocycles. The van der Waals surface area contributed by atoms with Gasteiger partial charge in [0, 0.05) is 29.8 Å². The number of carbonyl (C=O) groups excluding carboxylic acids is 2. The van der Waals surface area contributed by atoms with Crippen LogP contribution in [-0.2, 0) is 0 Å². The van der Waals surface area contributed by atoms with Crippen LogP contribution in [0.1, 0.15) is 44.8 Å². The van der Waals surface area contributed by atoms with Crippen LogP contribution in [-0.4, -0.2) is 47.0 Å². The Morgan fingerprint density at radius 1 is 1.28 bits per heavy atom. The van der Waals surface area contributed by atoms with Gasteiger partial charge in [-0.15, -0.1) is 12.4 Å². The lowest BCUT2D eigenvalue weighted by atomic mass is 10.00. The van der Waals surface area contributed by atoms with Crippen LogP contribution >= 0.6 is 12.4 Å². The number of nitrogens with zero attached hydrogens (tertiary/aromatic N) is 1. The highest BCUT2D eigenvalue weighted by Gasteiger charge is 2.24. The third-order valence-corrected chi connectivity index (χ3v) is 4.89. The number of nitrogens with two attached hydrogens (primary N) is 1. The summed E-state index contributed by atoms with van der Waals surface area (Å²) in [7, 11) is 0. The molecule has 5 N–H and O–H groups in total. The zero-order valence-electron chi connectivity index (χ0n) is 15.9. The van der Waals surface area contributed by atoms with Crippen LogP contribution in [0.4, 0.5) is 4.39 Å². The maximum Gasteiger partial charge on any atom is 0.251 e. The van der Waals surface area contributed by atoms with Crippen LogP contribution in [0.5, 0.6) is 5.75 Å². The lowest BCUT2D eigenvalue weighted by Gasteiger charge is -2.22. The first-order valence-corrected chi connectivity index (χ1v) is 9.14. The zero-order chi connectivity index (χ0) is 20.3. The molecule has 1 saturated heterocycles. The third kappa shape index (κ3) is 5.09. The van der Waals surface area contributed by atoms with Gasteiger partial charge >= 0.3 is 0 Å². The van der Waals surface area contributed by atoms with Gasteiger partial charge in [0.2, 0.25) is 0 Å². The summed E-state index contributed by atoms with van der Waals surface area (Å²) >= 11 is 0. The van der Waals surface area contributed by atoms with E-state index in [-0.39, 0.29) is 41.7 Å². The quantitative estimate of drug-likeness (QED) is 0.557. The van der Waals surface area contributed by atoms with E-state index in [0.717, 1.165) is 25.6 Å². The number of rotatable bonds is 4. The highest BCUT2D eigenvalue weighted by Crippen LogP contribution is 2.24. The van der Waals surface area contributed by atoms with Gasteiger partial charge in [0.25, 0.3) is 5.91 Å². The van der Waals surface area contributed by atoms with Gasteiger partial charge in [0.1, 0.15) is 11.3 Å².